The fourth-order valence-corrected chi connectivity index (χ4v) is 4.41. The minimum absolute atomic E-state index is 0.0699. The van der Waals surface area contributed by atoms with Crippen LogP contribution in [0.4, 0.5) is 18.9 Å². The number of piperazine rings is 1. The second kappa shape index (κ2) is 9.56. The maximum Gasteiger partial charge on any atom is 0.416 e. The van der Waals surface area contributed by atoms with E-state index in [0.29, 0.717) is 42.5 Å². The summed E-state index contributed by atoms with van der Waals surface area (Å²) in [6.07, 6.45) is -4.49. The quantitative estimate of drug-likeness (QED) is 0.482. The first-order chi connectivity index (χ1) is 17.3. The molecule has 0 saturated carbocycles. The van der Waals surface area contributed by atoms with E-state index in [1.54, 1.807) is 29.2 Å². The molecular weight excluding hydrogens is 471 g/mol. The Morgan fingerprint density at radius 2 is 1.78 bits per heavy atom. The molecule has 2 heterocycles. The minimum Gasteiger partial charge on any atom is -0.484 e. The molecule has 0 aliphatic carbocycles. The molecule has 9 heteroatoms. The van der Waals surface area contributed by atoms with Gasteiger partial charge in [0.15, 0.2) is 12.4 Å². The first kappa shape index (κ1) is 23.7. The number of nitrogens with zero attached hydrogens (tertiary/aromatic N) is 3. The Balaban J connectivity index is 1.38. The van der Waals surface area contributed by atoms with Gasteiger partial charge in [-0.15, -0.1) is 0 Å². The molecule has 2 aliphatic heterocycles. The number of ether oxygens (including phenoxy) is 2. The Bertz CT molecular complexity index is 1290. The van der Waals surface area contributed by atoms with E-state index in [1.807, 2.05) is 42.2 Å². The van der Waals surface area contributed by atoms with Crippen LogP contribution < -0.4 is 9.47 Å². The van der Waals surface area contributed by atoms with E-state index in [2.05, 4.69) is 4.99 Å². The fourth-order valence-electron chi connectivity index (χ4n) is 4.41. The van der Waals surface area contributed by atoms with Crippen molar-refractivity contribution in [3.05, 3.63) is 83.9 Å². The summed E-state index contributed by atoms with van der Waals surface area (Å²) in [5.74, 6) is 1.78. The summed E-state index contributed by atoms with van der Waals surface area (Å²) < 4.78 is 51.7. The molecule has 0 radical (unpaired) electrons. The van der Waals surface area contributed by atoms with E-state index in [1.165, 1.54) is 6.07 Å². The number of hydrogen-bond acceptors (Lipinski definition) is 5. The topological polar surface area (TPSA) is 54.4 Å². The van der Waals surface area contributed by atoms with Gasteiger partial charge in [0, 0.05) is 25.7 Å². The standard InChI is InChI=1S/C27H24F3N3O3/c1-18-16-32(13-14-33(18)25(34)17-35-20-7-3-2-4-8-20)26-21-9-5-6-10-23(21)36-24-12-11-19(27(28,29)30)15-22(24)31-26/h2-12,15,18H,13-14,16-17H2,1H3/t18-/m1/s1. The number of halogens is 3. The lowest BCUT2D eigenvalue weighted by Crippen LogP contribution is -2.56. The molecule has 0 bridgehead atoms. The van der Waals surface area contributed by atoms with Crippen LogP contribution in [0.5, 0.6) is 17.2 Å². The van der Waals surface area contributed by atoms with Crippen molar-refractivity contribution in [2.75, 3.05) is 26.2 Å². The third-order valence-corrected chi connectivity index (χ3v) is 6.21. The van der Waals surface area contributed by atoms with Gasteiger partial charge >= 0.3 is 6.18 Å². The zero-order valence-corrected chi connectivity index (χ0v) is 19.5. The zero-order chi connectivity index (χ0) is 25.3. The van der Waals surface area contributed by atoms with Gasteiger partial charge in [0.25, 0.3) is 5.91 Å². The lowest BCUT2D eigenvalue weighted by Gasteiger charge is -2.41. The van der Waals surface area contributed by atoms with Crippen LogP contribution in [0.25, 0.3) is 0 Å². The lowest BCUT2D eigenvalue weighted by atomic mass is 10.1. The molecule has 2 aliphatic rings. The predicted octanol–water partition coefficient (Wildman–Crippen LogP) is 5.50. The number of alkyl halides is 3. The Morgan fingerprint density at radius 1 is 1.03 bits per heavy atom. The Hall–Kier alpha value is -4.01. The lowest BCUT2D eigenvalue weighted by molar-refractivity contribution is -0.138. The number of amidine groups is 1. The molecule has 0 spiro atoms. The van der Waals surface area contributed by atoms with Gasteiger partial charge in [-0.05, 0) is 49.4 Å². The normalized spacial score (nSPS) is 17.3. The van der Waals surface area contributed by atoms with Gasteiger partial charge in [-0.2, -0.15) is 13.2 Å². The molecule has 6 nitrogen and oxygen atoms in total. The molecule has 1 atom stereocenters. The molecule has 5 rings (SSSR count). The van der Waals surface area contributed by atoms with Crippen molar-refractivity contribution in [2.24, 2.45) is 4.99 Å². The van der Waals surface area contributed by atoms with Crippen molar-refractivity contribution in [2.45, 2.75) is 19.1 Å². The molecular formula is C27H24F3N3O3. The van der Waals surface area contributed by atoms with Crippen LogP contribution >= 0.6 is 0 Å². The first-order valence-corrected chi connectivity index (χ1v) is 11.6. The predicted molar refractivity (Wildman–Crippen MR) is 129 cm³/mol. The highest BCUT2D eigenvalue weighted by Crippen LogP contribution is 2.41. The van der Waals surface area contributed by atoms with E-state index < -0.39 is 11.7 Å². The average molecular weight is 496 g/mol. The minimum atomic E-state index is -4.49. The molecule has 1 saturated heterocycles. The number of fused-ring (bicyclic) bond motifs is 2. The van der Waals surface area contributed by atoms with Crippen LogP contribution in [0.3, 0.4) is 0 Å². The molecule has 0 unspecified atom stereocenters. The summed E-state index contributed by atoms with van der Waals surface area (Å²) in [7, 11) is 0. The molecule has 3 aromatic rings. The molecule has 1 fully saturated rings. The second-order valence-corrected chi connectivity index (χ2v) is 8.70. The van der Waals surface area contributed by atoms with Gasteiger partial charge in [0.05, 0.1) is 11.1 Å². The largest absolute Gasteiger partial charge is 0.484 e. The highest BCUT2D eigenvalue weighted by Gasteiger charge is 2.34. The SMILES string of the molecule is C[C@@H]1CN(C2=Nc3cc(C(F)(F)F)ccc3Oc3ccccc32)CCN1C(=O)COc1ccccc1. The van der Waals surface area contributed by atoms with Crippen LogP contribution in [-0.2, 0) is 11.0 Å². The third kappa shape index (κ3) is 4.86. The van der Waals surface area contributed by atoms with Crippen molar-refractivity contribution in [1.82, 2.24) is 9.80 Å². The van der Waals surface area contributed by atoms with Gasteiger partial charge in [0.2, 0.25) is 0 Å². The summed E-state index contributed by atoms with van der Waals surface area (Å²) in [6, 6.07) is 19.5. The Labute approximate surface area is 206 Å². The van der Waals surface area contributed by atoms with Gasteiger partial charge < -0.3 is 19.3 Å². The first-order valence-electron chi connectivity index (χ1n) is 11.6. The number of aliphatic imine (C=N–C) groups is 1. The highest BCUT2D eigenvalue weighted by molar-refractivity contribution is 6.04. The summed E-state index contributed by atoms with van der Waals surface area (Å²) in [5, 5.41) is 0. The molecule has 36 heavy (non-hydrogen) atoms. The maximum atomic E-state index is 13.4. The van der Waals surface area contributed by atoms with Gasteiger partial charge in [-0.1, -0.05) is 30.3 Å². The monoisotopic (exact) mass is 495 g/mol. The summed E-state index contributed by atoms with van der Waals surface area (Å²) in [6.45, 7) is 3.21. The zero-order valence-electron chi connectivity index (χ0n) is 19.5. The van der Waals surface area contributed by atoms with Crippen molar-refractivity contribution >= 4 is 17.4 Å². The molecule has 3 aromatic carbocycles. The fraction of sp³-hybridized carbons (Fsp3) is 0.259. The van der Waals surface area contributed by atoms with Crippen molar-refractivity contribution < 1.29 is 27.4 Å². The summed E-state index contributed by atoms with van der Waals surface area (Å²) in [5.41, 5.74) is 0.00111. The Kier molecular flexibility index (Phi) is 6.30. The number of carbonyl (C=O) groups excluding carboxylic acids is 1. The van der Waals surface area contributed by atoms with E-state index in [-0.39, 0.29) is 30.0 Å². The number of carbonyl (C=O) groups is 1. The average Bonchev–Trinajstić information content (AvgIpc) is 3.03. The summed E-state index contributed by atoms with van der Waals surface area (Å²) >= 11 is 0. The van der Waals surface area contributed by atoms with E-state index in [9.17, 15) is 18.0 Å². The van der Waals surface area contributed by atoms with E-state index >= 15 is 0 Å². The number of para-hydroxylation sites is 2. The van der Waals surface area contributed by atoms with Crippen LogP contribution in [0.1, 0.15) is 18.1 Å². The van der Waals surface area contributed by atoms with Gasteiger partial charge in [-0.25, -0.2) is 4.99 Å². The van der Waals surface area contributed by atoms with Crippen molar-refractivity contribution in [3.63, 3.8) is 0 Å². The third-order valence-electron chi connectivity index (χ3n) is 6.21. The van der Waals surface area contributed by atoms with Gasteiger partial charge in [0.1, 0.15) is 23.0 Å². The molecule has 0 N–H and O–H groups in total. The number of rotatable bonds is 3. The van der Waals surface area contributed by atoms with Crippen LogP contribution in [0, 0.1) is 0 Å². The smallest absolute Gasteiger partial charge is 0.416 e. The van der Waals surface area contributed by atoms with E-state index in [4.69, 9.17) is 9.47 Å². The summed E-state index contributed by atoms with van der Waals surface area (Å²) in [4.78, 5) is 21.2. The van der Waals surface area contributed by atoms with Gasteiger partial charge in [-0.3, -0.25) is 4.79 Å². The van der Waals surface area contributed by atoms with Crippen LogP contribution in [0.2, 0.25) is 0 Å². The number of hydrogen-bond donors (Lipinski definition) is 0. The second-order valence-electron chi connectivity index (χ2n) is 8.70. The maximum absolute atomic E-state index is 13.4. The molecule has 1 amide bonds. The van der Waals surface area contributed by atoms with Crippen LogP contribution in [-0.4, -0.2) is 53.8 Å². The highest BCUT2D eigenvalue weighted by atomic mass is 19.4. The van der Waals surface area contributed by atoms with Crippen molar-refractivity contribution in [3.8, 4) is 17.2 Å². The van der Waals surface area contributed by atoms with Crippen LogP contribution in [0.15, 0.2) is 77.8 Å². The Morgan fingerprint density at radius 3 is 2.53 bits per heavy atom. The number of amides is 1. The number of benzene rings is 3. The molecule has 0 aromatic heterocycles. The van der Waals surface area contributed by atoms with Crippen molar-refractivity contribution in [1.29, 1.82) is 0 Å². The molecule has 186 valence electrons. The van der Waals surface area contributed by atoms with E-state index in [0.717, 1.165) is 12.1 Å².